The predicted octanol–water partition coefficient (Wildman–Crippen LogP) is 1.87. The van der Waals surface area contributed by atoms with Gasteiger partial charge in [0.1, 0.15) is 0 Å². The number of nitrogens with zero attached hydrogens (tertiary/aromatic N) is 2. The maximum atomic E-state index is 12.1. The first-order valence-corrected chi connectivity index (χ1v) is 9.31. The molecule has 0 saturated carbocycles. The van der Waals surface area contributed by atoms with E-state index in [0.717, 1.165) is 51.9 Å². The van der Waals surface area contributed by atoms with E-state index in [4.69, 9.17) is 0 Å². The van der Waals surface area contributed by atoms with Crippen LogP contribution in [0.4, 0.5) is 0 Å². The lowest BCUT2D eigenvalue weighted by Crippen LogP contribution is -2.45. The van der Waals surface area contributed by atoms with Crippen LogP contribution in [0.1, 0.15) is 52.4 Å². The molecule has 0 spiro atoms. The SMILES string of the molecule is C[C@H]1C[C@H](C)CN(CC(=O)NCCCN2CCCCCC2=O)C1. The number of carbonyl (C=O) groups is 2. The van der Waals surface area contributed by atoms with E-state index in [2.05, 4.69) is 24.1 Å². The van der Waals surface area contributed by atoms with Gasteiger partial charge in [-0.1, -0.05) is 20.3 Å². The molecule has 0 aromatic carbocycles. The largest absolute Gasteiger partial charge is 0.355 e. The van der Waals surface area contributed by atoms with Crippen molar-refractivity contribution in [1.82, 2.24) is 15.1 Å². The van der Waals surface area contributed by atoms with E-state index in [1.54, 1.807) is 0 Å². The summed E-state index contributed by atoms with van der Waals surface area (Å²) in [7, 11) is 0. The van der Waals surface area contributed by atoms with Gasteiger partial charge in [-0.05, 0) is 37.5 Å². The smallest absolute Gasteiger partial charge is 0.234 e. The molecule has 2 atom stereocenters. The molecule has 132 valence electrons. The van der Waals surface area contributed by atoms with Crippen molar-refractivity contribution in [3.63, 3.8) is 0 Å². The fourth-order valence-corrected chi connectivity index (χ4v) is 3.95. The highest BCUT2D eigenvalue weighted by Gasteiger charge is 2.23. The zero-order valence-electron chi connectivity index (χ0n) is 14.9. The van der Waals surface area contributed by atoms with E-state index < -0.39 is 0 Å². The Kier molecular flexibility index (Phi) is 7.34. The van der Waals surface area contributed by atoms with Gasteiger partial charge in [-0.2, -0.15) is 0 Å². The van der Waals surface area contributed by atoms with Crippen molar-refractivity contribution in [1.29, 1.82) is 0 Å². The summed E-state index contributed by atoms with van der Waals surface area (Å²) >= 11 is 0. The Bertz CT molecular complexity index is 390. The van der Waals surface area contributed by atoms with Gasteiger partial charge in [-0.3, -0.25) is 14.5 Å². The van der Waals surface area contributed by atoms with Crippen LogP contribution >= 0.6 is 0 Å². The molecule has 2 heterocycles. The quantitative estimate of drug-likeness (QED) is 0.759. The number of carbonyl (C=O) groups excluding carboxylic acids is 2. The van der Waals surface area contributed by atoms with Crippen LogP contribution < -0.4 is 5.32 Å². The minimum absolute atomic E-state index is 0.119. The summed E-state index contributed by atoms with van der Waals surface area (Å²) in [6.07, 6.45) is 6.11. The van der Waals surface area contributed by atoms with E-state index >= 15 is 0 Å². The van der Waals surface area contributed by atoms with E-state index in [1.807, 2.05) is 4.90 Å². The minimum Gasteiger partial charge on any atom is -0.355 e. The zero-order chi connectivity index (χ0) is 16.7. The van der Waals surface area contributed by atoms with Crippen molar-refractivity contribution in [3.8, 4) is 0 Å². The first-order chi connectivity index (χ1) is 11.0. The normalized spacial score (nSPS) is 26.9. The van der Waals surface area contributed by atoms with E-state index in [-0.39, 0.29) is 11.8 Å². The van der Waals surface area contributed by atoms with Gasteiger partial charge in [0.25, 0.3) is 0 Å². The highest BCUT2D eigenvalue weighted by molar-refractivity contribution is 5.78. The maximum Gasteiger partial charge on any atom is 0.234 e. The average Bonchev–Trinajstić information content (AvgIpc) is 2.67. The second kappa shape index (κ2) is 9.26. The molecule has 2 saturated heterocycles. The third kappa shape index (κ3) is 6.50. The van der Waals surface area contributed by atoms with Gasteiger partial charge in [0.05, 0.1) is 6.54 Å². The molecule has 0 aliphatic carbocycles. The molecule has 0 aromatic rings. The van der Waals surface area contributed by atoms with Gasteiger partial charge in [0, 0.05) is 39.1 Å². The molecule has 2 aliphatic heterocycles. The Morgan fingerprint density at radius 1 is 1.17 bits per heavy atom. The molecule has 2 aliphatic rings. The van der Waals surface area contributed by atoms with Gasteiger partial charge < -0.3 is 10.2 Å². The third-order valence-corrected chi connectivity index (χ3v) is 4.91. The summed E-state index contributed by atoms with van der Waals surface area (Å²) in [6.45, 7) is 9.42. The summed E-state index contributed by atoms with van der Waals surface area (Å²) in [5, 5.41) is 3.01. The molecule has 5 nitrogen and oxygen atoms in total. The Balaban J connectivity index is 1.60. The number of rotatable bonds is 6. The van der Waals surface area contributed by atoms with Crippen LogP contribution in [0.5, 0.6) is 0 Å². The van der Waals surface area contributed by atoms with Crippen molar-refractivity contribution >= 4 is 11.8 Å². The van der Waals surface area contributed by atoms with Crippen molar-refractivity contribution in [2.45, 2.75) is 52.4 Å². The van der Waals surface area contributed by atoms with Crippen molar-refractivity contribution < 1.29 is 9.59 Å². The van der Waals surface area contributed by atoms with Gasteiger partial charge in [0.15, 0.2) is 0 Å². The van der Waals surface area contributed by atoms with Crippen LogP contribution in [0.3, 0.4) is 0 Å². The average molecular weight is 323 g/mol. The van der Waals surface area contributed by atoms with Gasteiger partial charge >= 0.3 is 0 Å². The molecule has 1 N–H and O–H groups in total. The van der Waals surface area contributed by atoms with E-state index in [1.165, 1.54) is 6.42 Å². The van der Waals surface area contributed by atoms with Crippen molar-refractivity contribution in [3.05, 3.63) is 0 Å². The summed E-state index contributed by atoms with van der Waals surface area (Å²) in [5.41, 5.74) is 0. The second-order valence-corrected chi connectivity index (χ2v) is 7.54. The summed E-state index contributed by atoms with van der Waals surface area (Å²) < 4.78 is 0. The van der Waals surface area contributed by atoms with Crippen LogP contribution in [-0.2, 0) is 9.59 Å². The molecule has 2 rings (SSSR count). The summed E-state index contributed by atoms with van der Waals surface area (Å²) in [6, 6.07) is 0. The lowest BCUT2D eigenvalue weighted by Gasteiger charge is -2.34. The van der Waals surface area contributed by atoms with Gasteiger partial charge in [-0.25, -0.2) is 0 Å². The number of likely N-dealkylation sites (tertiary alicyclic amines) is 2. The van der Waals surface area contributed by atoms with Crippen LogP contribution in [0, 0.1) is 11.8 Å². The molecule has 0 unspecified atom stereocenters. The minimum atomic E-state index is 0.119. The van der Waals surface area contributed by atoms with Crippen LogP contribution in [0.25, 0.3) is 0 Å². The number of nitrogens with one attached hydrogen (secondary N) is 1. The van der Waals surface area contributed by atoms with Crippen LogP contribution in [-0.4, -0.2) is 60.9 Å². The fraction of sp³-hybridized carbons (Fsp3) is 0.889. The summed E-state index contributed by atoms with van der Waals surface area (Å²) in [4.78, 5) is 28.2. The Labute approximate surface area is 140 Å². The topological polar surface area (TPSA) is 52.7 Å². The molecule has 2 fully saturated rings. The highest BCUT2D eigenvalue weighted by Crippen LogP contribution is 2.20. The van der Waals surface area contributed by atoms with Gasteiger partial charge in [0.2, 0.25) is 11.8 Å². The first-order valence-electron chi connectivity index (χ1n) is 9.31. The molecular formula is C18H33N3O2. The predicted molar refractivity (Wildman–Crippen MR) is 92.1 cm³/mol. The molecule has 0 radical (unpaired) electrons. The van der Waals surface area contributed by atoms with Crippen LogP contribution in [0.2, 0.25) is 0 Å². The Morgan fingerprint density at radius 2 is 1.91 bits per heavy atom. The number of hydrogen-bond donors (Lipinski definition) is 1. The zero-order valence-corrected chi connectivity index (χ0v) is 14.9. The lowest BCUT2D eigenvalue weighted by molar-refractivity contribution is -0.130. The van der Waals surface area contributed by atoms with Crippen molar-refractivity contribution in [2.75, 3.05) is 39.3 Å². The number of piperidine rings is 1. The molecular weight excluding hydrogens is 290 g/mol. The standard InChI is InChI=1S/C18H33N3O2/c1-15-11-16(2)13-20(12-15)14-17(22)19-8-6-10-21-9-5-3-4-7-18(21)23/h15-16H,3-14H2,1-2H3,(H,19,22)/t15-,16-/m0/s1. The molecule has 5 heteroatoms. The number of amides is 2. The third-order valence-electron chi connectivity index (χ3n) is 4.91. The van der Waals surface area contributed by atoms with Crippen LogP contribution in [0.15, 0.2) is 0 Å². The van der Waals surface area contributed by atoms with Crippen molar-refractivity contribution in [2.24, 2.45) is 11.8 Å². The fourth-order valence-electron chi connectivity index (χ4n) is 3.95. The summed E-state index contributed by atoms with van der Waals surface area (Å²) in [5.74, 6) is 1.76. The Morgan fingerprint density at radius 3 is 2.65 bits per heavy atom. The maximum absolute atomic E-state index is 12.1. The highest BCUT2D eigenvalue weighted by atomic mass is 16.2. The molecule has 2 amide bonds. The first kappa shape index (κ1) is 18.2. The van der Waals surface area contributed by atoms with E-state index in [0.29, 0.717) is 31.3 Å². The monoisotopic (exact) mass is 323 g/mol. The molecule has 23 heavy (non-hydrogen) atoms. The van der Waals surface area contributed by atoms with Gasteiger partial charge in [-0.15, -0.1) is 0 Å². The number of hydrogen-bond acceptors (Lipinski definition) is 3. The lowest BCUT2D eigenvalue weighted by atomic mass is 9.92. The molecule has 0 aromatic heterocycles. The van der Waals surface area contributed by atoms with E-state index in [9.17, 15) is 9.59 Å². The molecule has 0 bridgehead atoms. The Hall–Kier alpha value is -1.10. The second-order valence-electron chi connectivity index (χ2n) is 7.54.